The zero-order chi connectivity index (χ0) is 10.9. The van der Waals surface area contributed by atoms with E-state index in [4.69, 9.17) is 0 Å². The molecule has 0 saturated heterocycles. The lowest BCUT2D eigenvalue weighted by atomic mass is 10.1. The second-order valence-electron chi connectivity index (χ2n) is 4.98. The Kier molecular flexibility index (Phi) is 3.43. The smallest absolute Gasteiger partial charge is 0.211 e. The van der Waals surface area contributed by atoms with Crippen LogP contribution in [0.1, 0.15) is 32.1 Å². The van der Waals surface area contributed by atoms with Crippen molar-refractivity contribution >= 4 is 26.0 Å². The zero-order valence-electron chi connectivity index (χ0n) is 8.84. The molecule has 0 unspecified atom stereocenters. The van der Waals surface area contributed by atoms with Crippen molar-refractivity contribution in [2.45, 2.75) is 32.1 Å². The van der Waals surface area contributed by atoms with Crippen molar-refractivity contribution in [3.05, 3.63) is 0 Å². The monoisotopic (exact) mass is 295 g/mol. The van der Waals surface area contributed by atoms with Gasteiger partial charge in [0.15, 0.2) is 0 Å². The van der Waals surface area contributed by atoms with Crippen LogP contribution in [-0.2, 0) is 10.0 Å². The normalized spacial score (nSPS) is 24.1. The highest BCUT2D eigenvalue weighted by Crippen LogP contribution is 2.48. The minimum atomic E-state index is -3.00. The van der Waals surface area contributed by atoms with E-state index < -0.39 is 10.0 Å². The molecule has 2 rings (SSSR count). The van der Waals surface area contributed by atoms with E-state index in [0.29, 0.717) is 18.2 Å². The number of hydrogen-bond acceptors (Lipinski definition) is 2. The fourth-order valence-electron chi connectivity index (χ4n) is 1.81. The molecule has 2 aliphatic carbocycles. The highest BCUT2D eigenvalue weighted by molar-refractivity contribution is 9.09. The average Bonchev–Trinajstić information content (AvgIpc) is 3.00. The molecule has 0 aromatic heterocycles. The van der Waals surface area contributed by atoms with Gasteiger partial charge in [0.2, 0.25) is 10.0 Å². The van der Waals surface area contributed by atoms with E-state index >= 15 is 0 Å². The SMILES string of the molecule is O=S(=O)(CC1CC1)NCC1(CCBr)CC1. The van der Waals surface area contributed by atoms with E-state index in [-0.39, 0.29) is 5.41 Å². The Morgan fingerprint density at radius 1 is 1.33 bits per heavy atom. The second kappa shape index (κ2) is 4.34. The molecular formula is C10H18BrNO2S. The van der Waals surface area contributed by atoms with Crippen LogP contribution < -0.4 is 4.72 Å². The molecule has 0 amide bonds. The number of rotatable bonds is 7. The van der Waals surface area contributed by atoms with Crippen molar-refractivity contribution in [1.82, 2.24) is 4.72 Å². The Balaban J connectivity index is 1.76. The predicted octanol–water partition coefficient (Wildman–Crippen LogP) is 1.88. The Labute approximate surface area is 100 Å². The molecule has 2 fully saturated rings. The van der Waals surface area contributed by atoms with E-state index in [1.807, 2.05) is 0 Å². The molecule has 5 heteroatoms. The van der Waals surface area contributed by atoms with Crippen LogP contribution in [0, 0.1) is 11.3 Å². The van der Waals surface area contributed by atoms with Gasteiger partial charge in [-0.15, -0.1) is 0 Å². The Morgan fingerprint density at radius 2 is 2.00 bits per heavy atom. The molecular weight excluding hydrogens is 278 g/mol. The van der Waals surface area contributed by atoms with Gasteiger partial charge in [-0.05, 0) is 43.4 Å². The van der Waals surface area contributed by atoms with Crippen LogP contribution in [0.25, 0.3) is 0 Å². The second-order valence-corrected chi connectivity index (χ2v) is 7.63. The maximum Gasteiger partial charge on any atom is 0.211 e. The van der Waals surface area contributed by atoms with Gasteiger partial charge in [0.1, 0.15) is 0 Å². The zero-order valence-corrected chi connectivity index (χ0v) is 11.2. The summed E-state index contributed by atoms with van der Waals surface area (Å²) in [4.78, 5) is 0. The first-order valence-corrected chi connectivity index (χ1v) is 8.36. The fraction of sp³-hybridized carbons (Fsp3) is 1.00. The molecule has 88 valence electrons. The van der Waals surface area contributed by atoms with Gasteiger partial charge in [-0.25, -0.2) is 13.1 Å². The molecule has 0 heterocycles. The van der Waals surface area contributed by atoms with Crippen molar-refractivity contribution in [2.75, 3.05) is 17.6 Å². The summed E-state index contributed by atoms with van der Waals surface area (Å²) in [6.45, 7) is 0.646. The van der Waals surface area contributed by atoms with E-state index in [1.54, 1.807) is 0 Å². The summed E-state index contributed by atoms with van der Waals surface area (Å²) in [6, 6.07) is 0. The predicted molar refractivity (Wildman–Crippen MR) is 64.6 cm³/mol. The third-order valence-corrected chi connectivity index (χ3v) is 5.29. The molecule has 0 spiro atoms. The lowest BCUT2D eigenvalue weighted by molar-refractivity contribution is 0.479. The Bertz CT molecular complexity index is 320. The highest BCUT2D eigenvalue weighted by Gasteiger charge is 2.42. The standard InChI is InChI=1S/C10H18BrNO2S/c11-6-5-10(3-4-10)8-12-15(13,14)7-9-1-2-9/h9,12H,1-8H2. The largest absolute Gasteiger partial charge is 0.215 e. The van der Waals surface area contributed by atoms with Gasteiger partial charge < -0.3 is 0 Å². The fourth-order valence-corrected chi connectivity index (χ4v) is 4.25. The van der Waals surface area contributed by atoms with Crippen LogP contribution in [0.3, 0.4) is 0 Å². The molecule has 15 heavy (non-hydrogen) atoms. The first-order valence-electron chi connectivity index (χ1n) is 5.59. The van der Waals surface area contributed by atoms with Crippen molar-refractivity contribution in [2.24, 2.45) is 11.3 Å². The lowest BCUT2D eigenvalue weighted by Crippen LogP contribution is -2.32. The van der Waals surface area contributed by atoms with Gasteiger partial charge in [-0.1, -0.05) is 15.9 Å². The van der Waals surface area contributed by atoms with Crippen LogP contribution in [0.15, 0.2) is 0 Å². The maximum absolute atomic E-state index is 11.6. The van der Waals surface area contributed by atoms with Gasteiger partial charge in [0.25, 0.3) is 0 Å². The van der Waals surface area contributed by atoms with E-state index in [1.165, 1.54) is 12.8 Å². The Hall–Kier alpha value is 0.390. The minimum absolute atomic E-state index is 0.278. The molecule has 2 saturated carbocycles. The van der Waals surface area contributed by atoms with Gasteiger partial charge >= 0.3 is 0 Å². The first-order chi connectivity index (χ1) is 7.05. The topological polar surface area (TPSA) is 46.2 Å². The molecule has 3 nitrogen and oxygen atoms in total. The summed E-state index contributed by atoms with van der Waals surface area (Å²) in [5, 5.41) is 0.970. The molecule has 0 aromatic carbocycles. The lowest BCUT2D eigenvalue weighted by Gasteiger charge is -2.14. The third-order valence-electron chi connectivity index (χ3n) is 3.40. The molecule has 0 aromatic rings. The summed E-state index contributed by atoms with van der Waals surface area (Å²) in [6.07, 6.45) is 5.61. The average molecular weight is 296 g/mol. The molecule has 0 aliphatic heterocycles. The maximum atomic E-state index is 11.6. The quantitative estimate of drug-likeness (QED) is 0.729. The van der Waals surface area contributed by atoms with Crippen molar-refractivity contribution in [3.8, 4) is 0 Å². The highest BCUT2D eigenvalue weighted by atomic mass is 79.9. The molecule has 0 radical (unpaired) electrons. The summed E-state index contributed by atoms with van der Waals surface area (Å²) in [5.41, 5.74) is 0.278. The van der Waals surface area contributed by atoms with Gasteiger partial charge in [0, 0.05) is 11.9 Å². The molecule has 0 atom stereocenters. The number of alkyl halides is 1. The number of sulfonamides is 1. The van der Waals surface area contributed by atoms with E-state index in [0.717, 1.165) is 24.6 Å². The van der Waals surface area contributed by atoms with Crippen molar-refractivity contribution in [3.63, 3.8) is 0 Å². The first kappa shape index (κ1) is 11.9. The minimum Gasteiger partial charge on any atom is -0.215 e. The van der Waals surface area contributed by atoms with Gasteiger partial charge in [-0.3, -0.25) is 0 Å². The molecule has 1 N–H and O–H groups in total. The summed E-state index contributed by atoms with van der Waals surface area (Å²) >= 11 is 3.42. The van der Waals surface area contributed by atoms with Gasteiger partial charge in [0.05, 0.1) is 5.75 Å². The summed E-state index contributed by atoms with van der Waals surface area (Å²) < 4.78 is 26.0. The number of nitrogens with one attached hydrogen (secondary N) is 1. The van der Waals surface area contributed by atoms with Crippen LogP contribution in [0.4, 0.5) is 0 Å². The van der Waals surface area contributed by atoms with Crippen LogP contribution in [0.5, 0.6) is 0 Å². The summed E-state index contributed by atoms with van der Waals surface area (Å²) in [7, 11) is -3.00. The Morgan fingerprint density at radius 3 is 2.47 bits per heavy atom. The molecule has 2 aliphatic rings. The van der Waals surface area contributed by atoms with Crippen molar-refractivity contribution < 1.29 is 8.42 Å². The van der Waals surface area contributed by atoms with Crippen molar-refractivity contribution in [1.29, 1.82) is 0 Å². The third kappa shape index (κ3) is 3.71. The number of hydrogen-bond donors (Lipinski definition) is 1. The summed E-state index contributed by atoms with van der Waals surface area (Å²) in [5.74, 6) is 0.783. The number of halogens is 1. The molecule has 0 bridgehead atoms. The van der Waals surface area contributed by atoms with Crippen LogP contribution in [-0.4, -0.2) is 26.0 Å². The van der Waals surface area contributed by atoms with E-state index in [2.05, 4.69) is 20.7 Å². The van der Waals surface area contributed by atoms with Crippen LogP contribution >= 0.6 is 15.9 Å². The van der Waals surface area contributed by atoms with Crippen LogP contribution in [0.2, 0.25) is 0 Å². The van der Waals surface area contributed by atoms with Gasteiger partial charge in [-0.2, -0.15) is 0 Å². The van der Waals surface area contributed by atoms with E-state index in [9.17, 15) is 8.42 Å².